The number of carbonyl (C=O) groups excluding carboxylic acids is 1. The van der Waals surface area contributed by atoms with E-state index in [1.54, 1.807) is 32.2 Å². The fourth-order valence-electron chi connectivity index (χ4n) is 2.98. The zero-order valence-electron chi connectivity index (χ0n) is 16.2. The number of benzene rings is 2. The van der Waals surface area contributed by atoms with Gasteiger partial charge < -0.3 is 9.84 Å². The molecule has 30 heavy (non-hydrogen) atoms. The summed E-state index contributed by atoms with van der Waals surface area (Å²) in [6.45, 7) is 1.76. The molecule has 2 aromatic carbocycles. The van der Waals surface area contributed by atoms with Gasteiger partial charge >= 0.3 is 5.97 Å². The van der Waals surface area contributed by atoms with E-state index in [-0.39, 0.29) is 11.5 Å². The van der Waals surface area contributed by atoms with Gasteiger partial charge in [-0.3, -0.25) is 4.79 Å². The smallest absolute Gasteiger partial charge is 0.335 e. The highest BCUT2D eigenvalue weighted by Crippen LogP contribution is 2.32. The maximum absolute atomic E-state index is 12.9. The van der Waals surface area contributed by atoms with Crippen molar-refractivity contribution in [2.75, 3.05) is 12.1 Å². The van der Waals surface area contributed by atoms with Gasteiger partial charge in [0.1, 0.15) is 5.75 Å². The molecule has 2 heterocycles. The lowest BCUT2D eigenvalue weighted by molar-refractivity contribution is -0.114. The molecule has 1 aliphatic rings. The minimum Gasteiger partial charge on any atom is -0.497 e. The number of methoxy groups -OCH3 is 1. The van der Waals surface area contributed by atoms with Crippen LogP contribution >= 0.6 is 11.3 Å². The van der Waals surface area contributed by atoms with Crippen LogP contribution in [0.2, 0.25) is 0 Å². The number of aromatic nitrogens is 1. The van der Waals surface area contributed by atoms with Gasteiger partial charge in [-0.2, -0.15) is 10.1 Å². The molecular weight excluding hydrogens is 402 g/mol. The largest absolute Gasteiger partial charge is 0.497 e. The number of ether oxygens (including phenoxy) is 1. The molecule has 4 rings (SSSR count). The first-order chi connectivity index (χ1) is 14.5. The van der Waals surface area contributed by atoms with Gasteiger partial charge in [-0.05, 0) is 42.8 Å². The van der Waals surface area contributed by atoms with Crippen LogP contribution in [0.15, 0.2) is 64.6 Å². The van der Waals surface area contributed by atoms with Gasteiger partial charge in [-0.25, -0.2) is 9.78 Å². The maximum Gasteiger partial charge on any atom is 0.335 e. The van der Waals surface area contributed by atoms with Gasteiger partial charge in [0.05, 0.1) is 29.7 Å². The van der Waals surface area contributed by atoms with Gasteiger partial charge in [0.15, 0.2) is 0 Å². The van der Waals surface area contributed by atoms with Gasteiger partial charge in [0, 0.05) is 10.9 Å². The Balaban J connectivity index is 1.59. The lowest BCUT2D eigenvalue weighted by atomic mass is 10.1. The summed E-state index contributed by atoms with van der Waals surface area (Å²) >= 11 is 1.33. The summed E-state index contributed by atoms with van der Waals surface area (Å²) < 4.78 is 5.25. The molecule has 7 nitrogen and oxygen atoms in total. The highest BCUT2D eigenvalue weighted by molar-refractivity contribution is 7.14. The van der Waals surface area contributed by atoms with Crippen LogP contribution in [0.3, 0.4) is 0 Å². The molecule has 150 valence electrons. The van der Waals surface area contributed by atoms with Gasteiger partial charge in [0.2, 0.25) is 5.13 Å². The summed E-state index contributed by atoms with van der Waals surface area (Å²) in [6.07, 6.45) is 1.70. The van der Waals surface area contributed by atoms with E-state index in [0.717, 1.165) is 22.6 Å². The summed E-state index contributed by atoms with van der Waals surface area (Å²) in [5, 5.41) is 17.0. The van der Waals surface area contributed by atoms with Gasteiger partial charge in [-0.1, -0.05) is 24.3 Å². The van der Waals surface area contributed by atoms with Crippen molar-refractivity contribution in [1.29, 1.82) is 0 Å². The van der Waals surface area contributed by atoms with E-state index in [1.165, 1.54) is 28.5 Å². The molecule has 3 aromatic rings. The first-order valence-corrected chi connectivity index (χ1v) is 9.89. The Morgan fingerprint density at radius 1 is 1.20 bits per heavy atom. The Bertz CT molecular complexity index is 1200. The van der Waals surface area contributed by atoms with Crippen LogP contribution in [0.25, 0.3) is 17.3 Å². The van der Waals surface area contributed by atoms with E-state index in [9.17, 15) is 9.59 Å². The van der Waals surface area contributed by atoms with Gasteiger partial charge in [-0.15, -0.1) is 11.3 Å². The van der Waals surface area contributed by atoms with Crippen LogP contribution in [0.1, 0.15) is 22.8 Å². The van der Waals surface area contributed by atoms with Crippen molar-refractivity contribution in [3.8, 4) is 17.0 Å². The second-order valence-corrected chi connectivity index (χ2v) is 7.37. The number of aromatic carboxylic acids is 1. The molecule has 0 bridgehead atoms. The Morgan fingerprint density at radius 3 is 2.67 bits per heavy atom. The molecule has 0 saturated heterocycles. The Hall–Kier alpha value is -3.78. The number of carbonyl (C=O) groups is 2. The van der Waals surface area contributed by atoms with Crippen LogP contribution in [-0.2, 0) is 4.79 Å². The third kappa shape index (κ3) is 3.72. The SMILES string of the molecule is COc1cccc(-c2csc(N3N=C(C)/C(=C\c4ccc(C(=O)O)cc4)C3=O)n2)c1. The molecule has 0 saturated carbocycles. The molecule has 1 aromatic heterocycles. The Kier molecular flexibility index (Phi) is 5.16. The summed E-state index contributed by atoms with van der Waals surface area (Å²) in [4.78, 5) is 28.5. The summed E-state index contributed by atoms with van der Waals surface area (Å²) in [5.41, 5.74) is 3.54. The molecule has 0 atom stereocenters. The number of carboxylic acids is 1. The Morgan fingerprint density at radius 2 is 1.97 bits per heavy atom. The first-order valence-electron chi connectivity index (χ1n) is 9.01. The second-order valence-electron chi connectivity index (χ2n) is 6.53. The van der Waals surface area contributed by atoms with E-state index in [4.69, 9.17) is 9.84 Å². The number of anilines is 1. The topological polar surface area (TPSA) is 92.1 Å². The average Bonchev–Trinajstić information content (AvgIpc) is 3.35. The number of hydrogen-bond acceptors (Lipinski definition) is 6. The predicted molar refractivity (Wildman–Crippen MR) is 116 cm³/mol. The molecule has 0 aliphatic carbocycles. The van der Waals surface area contributed by atoms with Crippen LogP contribution in [0, 0.1) is 0 Å². The number of amides is 1. The number of rotatable bonds is 5. The minimum absolute atomic E-state index is 0.190. The highest BCUT2D eigenvalue weighted by Gasteiger charge is 2.30. The minimum atomic E-state index is -0.995. The average molecular weight is 419 g/mol. The van der Waals surface area contributed by atoms with Gasteiger partial charge in [0.25, 0.3) is 5.91 Å². The molecule has 8 heteroatoms. The van der Waals surface area contributed by atoms with Crippen molar-refractivity contribution in [2.24, 2.45) is 5.10 Å². The van der Waals surface area contributed by atoms with E-state index >= 15 is 0 Å². The van der Waals surface area contributed by atoms with E-state index in [0.29, 0.717) is 16.4 Å². The van der Waals surface area contributed by atoms with Crippen molar-refractivity contribution in [3.63, 3.8) is 0 Å². The third-order valence-electron chi connectivity index (χ3n) is 4.57. The standard InChI is InChI=1S/C22H17N3O4S/c1-13-18(10-14-6-8-15(9-7-14)21(27)28)20(26)25(24-13)22-23-19(12-30-22)16-4-3-5-17(11-16)29-2/h3-12H,1-2H3,(H,27,28)/b18-10+. The van der Waals surface area contributed by atoms with Crippen LogP contribution < -0.4 is 9.75 Å². The number of nitrogens with zero attached hydrogens (tertiary/aromatic N) is 3. The second kappa shape index (κ2) is 7.92. The molecule has 1 aliphatic heterocycles. The molecule has 0 spiro atoms. The van der Waals surface area contributed by atoms with Crippen molar-refractivity contribution in [2.45, 2.75) is 6.92 Å². The molecule has 0 unspecified atom stereocenters. The number of carboxylic acid groups (broad SMARTS) is 1. The van der Waals surface area contributed by atoms with Crippen molar-refractivity contribution < 1.29 is 19.4 Å². The van der Waals surface area contributed by atoms with E-state index in [2.05, 4.69) is 10.1 Å². The quantitative estimate of drug-likeness (QED) is 0.622. The maximum atomic E-state index is 12.9. The van der Waals surface area contributed by atoms with Crippen LogP contribution in [0.4, 0.5) is 5.13 Å². The lowest BCUT2D eigenvalue weighted by Gasteiger charge is -2.07. The highest BCUT2D eigenvalue weighted by atomic mass is 32.1. The van der Waals surface area contributed by atoms with E-state index < -0.39 is 5.97 Å². The first kappa shape index (κ1) is 19.5. The predicted octanol–water partition coefficient (Wildman–Crippen LogP) is 4.32. The van der Waals surface area contributed by atoms with Crippen LogP contribution in [0.5, 0.6) is 5.75 Å². The molecule has 1 amide bonds. The summed E-state index contributed by atoms with van der Waals surface area (Å²) in [6, 6.07) is 13.9. The van der Waals surface area contributed by atoms with E-state index in [1.807, 2.05) is 29.6 Å². The zero-order chi connectivity index (χ0) is 21.3. The summed E-state index contributed by atoms with van der Waals surface area (Å²) in [5.74, 6) is -0.542. The fraction of sp³-hybridized carbons (Fsp3) is 0.0909. The van der Waals surface area contributed by atoms with Crippen molar-refractivity contribution >= 4 is 40.1 Å². The number of thiazole rings is 1. The third-order valence-corrected chi connectivity index (χ3v) is 5.39. The number of hydrogen-bond donors (Lipinski definition) is 1. The zero-order valence-corrected chi connectivity index (χ0v) is 17.0. The molecule has 0 fully saturated rings. The lowest BCUT2D eigenvalue weighted by Crippen LogP contribution is -2.21. The summed E-state index contributed by atoms with van der Waals surface area (Å²) in [7, 11) is 1.61. The van der Waals surface area contributed by atoms with Crippen molar-refractivity contribution in [1.82, 2.24) is 4.98 Å². The van der Waals surface area contributed by atoms with Crippen LogP contribution in [-0.4, -0.2) is 34.8 Å². The molecule has 1 N–H and O–H groups in total. The Labute approximate surface area is 176 Å². The molecular formula is C22H17N3O4S. The fourth-order valence-corrected chi connectivity index (χ4v) is 3.76. The number of hydrazone groups is 1. The normalized spacial score (nSPS) is 14.9. The molecule has 0 radical (unpaired) electrons. The monoisotopic (exact) mass is 419 g/mol. The van der Waals surface area contributed by atoms with Crippen molar-refractivity contribution in [3.05, 3.63) is 70.6 Å².